The molecular formula is C70H84N8O17. The summed E-state index contributed by atoms with van der Waals surface area (Å²) in [7, 11) is 0. The van der Waals surface area contributed by atoms with Gasteiger partial charge in [-0.2, -0.15) is 0 Å². The molecule has 25 heteroatoms. The van der Waals surface area contributed by atoms with Gasteiger partial charge in [0.1, 0.15) is 0 Å². The Hall–Kier alpha value is -9.15. The Kier molecular flexibility index (Phi) is 32.6. The van der Waals surface area contributed by atoms with Gasteiger partial charge in [0, 0.05) is 112 Å². The van der Waals surface area contributed by atoms with E-state index in [2.05, 4.69) is 50.3 Å². The van der Waals surface area contributed by atoms with Crippen LogP contribution in [0.25, 0.3) is 0 Å². The first-order valence-electron chi connectivity index (χ1n) is 31.9. The summed E-state index contributed by atoms with van der Waals surface area (Å²) in [5.74, 6) is 9.87. The van der Waals surface area contributed by atoms with Crippen molar-refractivity contribution in [1.29, 1.82) is 0 Å². The fraction of sp³-hybridized carbons (Fsp3) is 0.443. The second-order valence-corrected chi connectivity index (χ2v) is 21.7. The van der Waals surface area contributed by atoms with Gasteiger partial charge in [-0.25, -0.2) is 0 Å². The number of nitrogens with one attached hydrogen (secondary N) is 5. The predicted octanol–water partition coefficient (Wildman–Crippen LogP) is 2.62. The number of para-hydroxylation sites is 2. The smallest absolute Gasteiger partial charge is 0.253 e. The number of carbonyl (C=O) groups is 9. The van der Waals surface area contributed by atoms with E-state index in [9.17, 15) is 43.2 Å². The van der Waals surface area contributed by atoms with Crippen molar-refractivity contribution in [3.05, 3.63) is 143 Å². The molecule has 4 aromatic carbocycles. The molecule has 0 fully saturated rings. The Bertz CT molecular complexity index is 3170. The van der Waals surface area contributed by atoms with Gasteiger partial charge in [0.2, 0.25) is 41.4 Å². The van der Waals surface area contributed by atoms with Crippen LogP contribution in [0.15, 0.2) is 109 Å². The number of ether oxygens (including phenoxy) is 8. The molecule has 506 valence electrons. The van der Waals surface area contributed by atoms with Crippen LogP contribution in [0.3, 0.4) is 0 Å². The minimum absolute atomic E-state index is 0.0224. The number of rotatable bonds is 44. The number of hydrogen-bond donors (Lipinski definition) is 5. The molecule has 0 unspecified atom stereocenters. The van der Waals surface area contributed by atoms with Gasteiger partial charge >= 0.3 is 0 Å². The third-order valence-electron chi connectivity index (χ3n) is 14.7. The number of benzene rings is 4. The van der Waals surface area contributed by atoms with Crippen molar-refractivity contribution < 1.29 is 81.0 Å². The van der Waals surface area contributed by atoms with E-state index >= 15 is 0 Å². The van der Waals surface area contributed by atoms with Crippen molar-refractivity contribution in [3.8, 4) is 23.7 Å². The van der Waals surface area contributed by atoms with Crippen molar-refractivity contribution in [2.45, 2.75) is 64.1 Å². The number of hydrogen-bond acceptors (Lipinski definition) is 17. The molecule has 0 bridgehead atoms. The van der Waals surface area contributed by atoms with Crippen molar-refractivity contribution in [2.24, 2.45) is 0 Å². The predicted molar refractivity (Wildman–Crippen MR) is 349 cm³/mol. The molecule has 4 aromatic rings. The number of fused-ring (bicyclic) bond motifs is 4. The molecule has 7 rings (SSSR count). The number of carbonyl (C=O) groups excluding carboxylic acids is 9. The van der Waals surface area contributed by atoms with Crippen LogP contribution in [0.4, 0.5) is 11.4 Å². The van der Waals surface area contributed by atoms with Crippen LogP contribution in [-0.2, 0) is 94.1 Å². The first-order valence-corrected chi connectivity index (χ1v) is 31.9. The fourth-order valence-corrected chi connectivity index (χ4v) is 9.69. The number of imide groups is 1. The highest BCUT2D eigenvalue weighted by molar-refractivity contribution is 6.13. The monoisotopic (exact) mass is 1310 g/mol. The lowest BCUT2D eigenvalue weighted by molar-refractivity contribution is -0.137. The molecular weight excluding hydrogens is 1220 g/mol. The minimum atomic E-state index is -0.682. The summed E-state index contributed by atoms with van der Waals surface area (Å²) in [5, 5.41) is 13.9. The largest absolute Gasteiger partial charge is 0.379 e. The average Bonchev–Trinajstić information content (AvgIpc) is 1.46. The summed E-state index contributed by atoms with van der Waals surface area (Å²) in [6, 6.07) is 29.7. The zero-order chi connectivity index (χ0) is 67.1. The zero-order valence-electron chi connectivity index (χ0n) is 53.5. The second kappa shape index (κ2) is 42.2. The zero-order valence-corrected chi connectivity index (χ0v) is 53.5. The van der Waals surface area contributed by atoms with Crippen LogP contribution < -0.4 is 36.4 Å². The van der Waals surface area contributed by atoms with E-state index in [4.69, 9.17) is 37.9 Å². The van der Waals surface area contributed by atoms with Crippen molar-refractivity contribution >= 4 is 64.5 Å². The van der Waals surface area contributed by atoms with Gasteiger partial charge in [-0.1, -0.05) is 84.3 Å². The average molecular weight is 1310 g/mol. The maximum absolute atomic E-state index is 13.4. The van der Waals surface area contributed by atoms with Crippen LogP contribution in [0.1, 0.15) is 78.3 Å². The highest BCUT2D eigenvalue weighted by Gasteiger charge is 2.26. The first kappa shape index (κ1) is 73.3. The Morgan fingerprint density at radius 2 is 0.705 bits per heavy atom. The molecule has 0 aliphatic carbocycles. The van der Waals surface area contributed by atoms with E-state index in [1.165, 1.54) is 0 Å². The van der Waals surface area contributed by atoms with Crippen molar-refractivity contribution in [2.75, 3.05) is 148 Å². The summed E-state index contributed by atoms with van der Waals surface area (Å²) < 4.78 is 44.7. The van der Waals surface area contributed by atoms with E-state index in [0.717, 1.165) is 61.8 Å². The van der Waals surface area contributed by atoms with Crippen LogP contribution in [0.5, 0.6) is 0 Å². The molecule has 0 saturated heterocycles. The Morgan fingerprint density at radius 3 is 1.11 bits per heavy atom. The molecule has 5 N–H and O–H groups in total. The van der Waals surface area contributed by atoms with Crippen molar-refractivity contribution in [3.63, 3.8) is 0 Å². The quantitative estimate of drug-likeness (QED) is 0.0242. The summed E-state index contributed by atoms with van der Waals surface area (Å²) in [5.41, 5.74) is 6.54. The Balaban J connectivity index is 0.642. The van der Waals surface area contributed by atoms with E-state index in [1.54, 1.807) is 9.80 Å². The normalized spacial score (nSPS) is 12.7. The fourth-order valence-electron chi connectivity index (χ4n) is 9.69. The van der Waals surface area contributed by atoms with Crippen molar-refractivity contribution in [1.82, 2.24) is 31.5 Å². The summed E-state index contributed by atoms with van der Waals surface area (Å²) in [6.07, 6.45) is 2.30. The topological polar surface area (TPSA) is 297 Å². The van der Waals surface area contributed by atoms with Gasteiger partial charge < -0.3 is 74.3 Å². The molecule has 25 nitrogen and oxygen atoms in total. The Morgan fingerprint density at radius 1 is 0.368 bits per heavy atom. The Labute approximate surface area is 553 Å². The molecule has 3 aliphatic rings. The molecule has 0 radical (unpaired) electrons. The van der Waals surface area contributed by atoms with Gasteiger partial charge in [0.25, 0.3) is 11.8 Å². The maximum atomic E-state index is 13.4. The number of nitrogens with zero attached hydrogens (tertiary/aromatic N) is 3. The highest BCUT2D eigenvalue weighted by Crippen LogP contribution is 2.28. The number of anilines is 2. The molecule has 0 aromatic heterocycles. The van der Waals surface area contributed by atoms with Gasteiger partial charge in [0.05, 0.1) is 136 Å². The van der Waals surface area contributed by atoms with Crippen LogP contribution >= 0.6 is 0 Å². The molecule has 3 heterocycles. The molecule has 0 spiro atoms. The second-order valence-electron chi connectivity index (χ2n) is 21.7. The lowest BCUT2D eigenvalue weighted by Gasteiger charge is -2.26. The van der Waals surface area contributed by atoms with E-state index in [-0.39, 0.29) is 179 Å². The van der Waals surface area contributed by atoms with E-state index in [1.807, 2.05) is 97.1 Å². The highest BCUT2D eigenvalue weighted by atomic mass is 16.6. The summed E-state index contributed by atoms with van der Waals surface area (Å²) >= 11 is 0. The van der Waals surface area contributed by atoms with Gasteiger partial charge in [0.15, 0.2) is 0 Å². The van der Waals surface area contributed by atoms with Crippen LogP contribution in [-0.4, -0.2) is 203 Å². The summed E-state index contributed by atoms with van der Waals surface area (Å²) in [6.45, 7) is 5.07. The van der Waals surface area contributed by atoms with Crippen LogP contribution in [0.2, 0.25) is 0 Å². The lowest BCUT2D eigenvalue weighted by Crippen LogP contribution is -2.43. The van der Waals surface area contributed by atoms with Gasteiger partial charge in [-0.15, -0.1) is 0 Å². The van der Waals surface area contributed by atoms with E-state index in [0.29, 0.717) is 52.7 Å². The molecule has 9 amide bonds. The van der Waals surface area contributed by atoms with Gasteiger partial charge in [-0.3, -0.25) is 48.1 Å². The number of amides is 9. The maximum Gasteiger partial charge on any atom is 0.253 e. The molecule has 0 saturated carbocycles. The van der Waals surface area contributed by atoms with Gasteiger partial charge in [-0.05, 0) is 47.5 Å². The lowest BCUT2D eigenvalue weighted by atomic mass is 10.0. The molecule has 3 aliphatic heterocycles. The molecule has 95 heavy (non-hydrogen) atoms. The first-order chi connectivity index (χ1) is 46.4. The minimum Gasteiger partial charge on any atom is -0.379 e. The third kappa shape index (κ3) is 27.0. The van der Waals surface area contributed by atoms with Crippen LogP contribution in [0, 0.1) is 23.7 Å². The SMILES string of the molecule is O=C(CCOCC(COCCC(=O)NCCOCCOCCOCCNC(=O)CCC(=O)N1Cc2ccccc2C#Cc2ccccc21)NC(=O)CCN1C(=O)C=CC1=O)NCCOCCOCCOCCNC(=O)CCC(=O)N1Cc2ccccc2C#Cc2ccccc21. The standard InChI is InChI=1S/C70H84N8O17/c79-62(21-23-69(86)77-49-57-13-3-1-9-53(57)17-19-55-11-5-7-15-60(55)77)71-30-37-88-41-45-92-47-43-90-39-32-73-64(81)28-35-94-51-59(75-66(83)27-34-76-67(84)25-26-68(76)85)52-95-36-29-65(82)74-33-40-91-44-48-93-46-42-89-38-31-72-63(80)22-24-70(87)78-50-58-14-4-2-10-54(58)18-20-56-12-6-8-16-61(56)78/h1-16,25-26,59H,21-24,27-52H2,(H,71,79)(H,72,80)(H,73,81)(H,74,82)(H,75,83). The van der Waals surface area contributed by atoms with E-state index < -0.39 is 23.8 Å². The molecule has 0 atom stereocenters. The third-order valence-corrected chi connectivity index (χ3v) is 14.7. The summed E-state index contributed by atoms with van der Waals surface area (Å²) in [4.78, 5) is 118.